The Hall–Kier alpha value is -1.19. The Balaban J connectivity index is 2.16. The molecule has 0 unspecified atom stereocenters. The van der Waals surface area contributed by atoms with Crippen LogP contribution < -0.4 is 0 Å². The van der Waals surface area contributed by atoms with Gasteiger partial charge in [0.15, 0.2) is 5.78 Å². The number of ketones is 1. The van der Waals surface area contributed by atoms with Crippen LogP contribution in [-0.4, -0.2) is 18.3 Å². The van der Waals surface area contributed by atoms with Crippen LogP contribution in [0.1, 0.15) is 22.8 Å². The van der Waals surface area contributed by atoms with Gasteiger partial charge in [-0.1, -0.05) is 42.5 Å². The highest BCUT2D eigenvalue weighted by atomic mass is 32.2. The molecule has 0 N–H and O–H groups in total. The second kappa shape index (κ2) is 7.00. The van der Waals surface area contributed by atoms with Crippen LogP contribution in [0, 0.1) is 0 Å². The fourth-order valence-corrected chi connectivity index (χ4v) is 3.72. The summed E-state index contributed by atoms with van der Waals surface area (Å²) in [6, 6.07) is 7.85. The largest absolute Gasteiger partial charge is 0.289 e. The Morgan fingerprint density at radius 2 is 1.90 bits per heavy atom. The molecule has 2 rings (SSSR count). The van der Waals surface area contributed by atoms with E-state index in [2.05, 4.69) is 25.5 Å². The molecule has 0 radical (unpaired) electrons. The molecule has 1 nitrogen and oxygen atoms in total. The maximum atomic E-state index is 12.2. The number of carbonyl (C=O) groups is 1. The molecule has 104 valence electrons. The summed E-state index contributed by atoms with van der Waals surface area (Å²) in [6.07, 6.45) is 10.9. The second-order valence-corrected chi connectivity index (χ2v) is 6.48. The van der Waals surface area contributed by atoms with Gasteiger partial charge in [-0.05, 0) is 30.6 Å². The lowest BCUT2D eigenvalue weighted by molar-refractivity contribution is 0.103. The number of carbonyl (C=O) groups excluding carboxylic acids is 1. The van der Waals surface area contributed by atoms with Crippen molar-refractivity contribution in [2.75, 3.05) is 12.5 Å². The normalized spacial score (nSPS) is 15.9. The Bertz CT molecular complexity index is 603. The maximum absolute atomic E-state index is 12.2. The number of thioether (sulfide) groups is 2. The molecular formula is C17H18OS2. The lowest BCUT2D eigenvalue weighted by Gasteiger charge is -2.01. The minimum absolute atomic E-state index is 0.168. The van der Waals surface area contributed by atoms with E-state index in [1.165, 1.54) is 9.81 Å². The average Bonchev–Trinajstić information content (AvgIpc) is 2.78. The molecule has 0 fully saturated rings. The van der Waals surface area contributed by atoms with E-state index in [4.69, 9.17) is 0 Å². The molecular weight excluding hydrogens is 284 g/mol. The first-order valence-electron chi connectivity index (χ1n) is 6.46. The van der Waals surface area contributed by atoms with Gasteiger partial charge in [-0.15, -0.1) is 23.5 Å². The van der Waals surface area contributed by atoms with Crippen molar-refractivity contribution in [1.82, 2.24) is 0 Å². The second-order valence-electron chi connectivity index (χ2n) is 4.59. The van der Waals surface area contributed by atoms with Crippen molar-refractivity contribution in [1.29, 1.82) is 0 Å². The summed E-state index contributed by atoms with van der Waals surface area (Å²) >= 11 is 3.51. The topological polar surface area (TPSA) is 17.1 Å². The van der Waals surface area contributed by atoms with Gasteiger partial charge in [0.1, 0.15) is 0 Å². The minimum atomic E-state index is 0.168. The molecule has 1 aliphatic carbocycles. The zero-order chi connectivity index (χ0) is 14.5. The Morgan fingerprint density at radius 3 is 2.55 bits per heavy atom. The zero-order valence-corrected chi connectivity index (χ0v) is 13.6. The molecule has 1 aromatic carbocycles. The summed E-state index contributed by atoms with van der Waals surface area (Å²) in [5.41, 5.74) is 4.11. The summed E-state index contributed by atoms with van der Waals surface area (Å²) in [5.74, 6) is 0.168. The number of Topliss-reactive ketones (excluding diaryl/α,β-unsaturated/α-hetero) is 1. The van der Waals surface area contributed by atoms with Crippen LogP contribution in [0.3, 0.4) is 0 Å². The van der Waals surface area contributed by atoms with Gasteiger partial charge in [0.2, 0.25) is 0 Å². The van der Waals surface area contributed by atoms with Gasteiger partial charge in [0.05, 0.1) is 0 Å². The molecule has 1 aromatic rings. The zero-order valence-electron chi connectivity index (χ0n) is 12.0. The molecule has 0 spiro atoms. The van der Waals surface area contributed by atoms with E-state index in [0.717, 1.165) is 23.1 Å². The highest BCUT2D eigenvalue weighted by molar-refractivity contribution is 8.21. The molecule has 0 saturated heterocycles. The Morgan fingerprint density at radius 1 is 1.20 bits per heavy atom. The van der Waals surface area contributed by atoms with E-state index >= 15 is 0 Å². The fourth-order valence-electron chi connectivity index (χ4n) is 2.27. The number of hydrogen-bond acceptors (Lipinski definition) is 3. The van der Waals surface area contributed by atoms with E-state index < -0.39 is 0 Å². The van der Waals surface area contributed by atoms with Crippen molar-refractivity contribution < 1.29 is 4.79 Å². The predicted molar refractivity (Wildman–Crippen MR) is 91.4 cm³/mol. The van der Waals surface area contributed by atoms with Crippen molar-refractivity contribution in [3.63, 3.8) is 0 Å². The number of rotatable bonds is 4. The fraction of sp³-hybridized carbons (Fsp3) is 0.235. The number of hydrogen-bond donors (Lipinski definition) is 0. The number of benzene rings is 1. The Kier molecular flexibility index (Phi) is 5.32. The lowest BCUT2D eigenvalue weighted by Crippen LogP contribution is -1.94. The van der Waals surface area contributed by atoms with Crippen molar-refractivity contribution in [3.8, 4) is 0 Å². The third-order valence-corrected chi connectivity index (χ3v) is 5.66. The quantitative estimate of drug-likeness (QED) is 0.583. The first kappa shape index (κ1) is 15.2. The molecule has 0 amide bonds. The first-order chi connectivity index (χ1) is 9.67. The standard InChI is InChI=1S/C17H18OS2/c1-12(17(19-2)20-3)7-6-9-14-11-13-8-4-5-10-15(13)16(14)18/h4-10H,11H2,1-3H3/b7-6+,14-9+. The molecule has 0 saturated carbocycles. The van der Waals surface area contributed by atoms with Gasteiger partial charge in [-0.3, -0.25) is 4.79 Å². The van der Waals surface area contributed by atoms with Crippen LogP contribution in [0.5, 0.6) is 0 Å². The highest BCUT2D eigenvalue weighted by Gasteiger charge is 2.23. The highest BCUT2D eigenvalue weighted by Crippen LogP contribution is 2.28. The summed E-state index contributed by atoms with van der Waals surface area (Å²) in [6.45, 7) is 2.10. The van der Waals surface area contributed by atoms with Gasteiger partial charge in [0.25, 0.3) is 0 Å². The van der Waals surface area contributed by atoms with Crippen LogP contribution >= 0.6 is 23.5 Å². The van der Waals surface area contributed by atoms with Gasteiger partial charge in [0, 0.05) is 21.8 Å². The van der Waals surface area contributed by atoms with E-state index in [0.29, 0.717) is 0 Å². The van der Waals surface area contributed by atoms with Gasteiger partial charge in [-0.2, -0.15) is 0 Å². The van der Waals surface area contributed by atoms with Crippen LogP contribution in [-0.2, 0) is 6.42 Å². The van der Waals surface area contributed by atoms with Gasteiger partial charge >= 0.3 is 0 Å². The predicted octanol–water partition coefficient (Wildman–Crippen LogP) is 4.87. The van der Waals surface area contributed by atoms with Crippen molar-refractivity contribution in [2.45, 2.75) is 13.3 Å². The Labute approximate surface area is 129 Å². The van der Waals surface area contributed by atoms with E-state index in [1.807, 2.05) is 36.4 Å². The van der Waals surface area contributed by atoms with Crippen molar-refractivity contribution in [3.05, 3.63) is 69.0 Å². The average molecular weight is 302 g/mol. The van der Waals surface area contributed by atoms with Gasteiger partial charge < -0.3 is 0 Å². The summed E-state index contributed by atoms with van der Waals surface area (Å²) in [7, 11) is 0. The first-order valence-corrected chi connectivity index (χ1v) is 8.91. The van der Waals surface area contributed by atoms with Crippen molar-refractivity contribution >= 4 is 29.3 Å². The third kappa shape index (κ3) is 3.28. The number of allylic oxidation sites excluding steroid dienone is 5. The van der Waals surface area contributed by atoms with E-state index in [9.17, 15) is 4.79 Å². The van der Waals surface area contributed by atoms with Crippen LogP contribution in [0.15, 0.2) is 57.9 Å². The van der Waals surface area contributed by atoms with Crippen molar-refractivity contribution in [2.24, 2.45) is 0 Å². The molecule has 0 heterocycles. The summed E-state index contributed by atoms with van der Waals surface area (Å²) < 4.78 is 1.31. The van der Waals surface area contributed by atoms with Gasteiger partial charge in [-0.25, -0.2) is 0 Å². The molecule has 3 heteroatoms. The molecule has 0 aliphatic heterocycles. The van der Waals surface area contributed by atoms with E-state index in [-0.39, 0.29) is 5.78 Å². The monoisotopic (exact) mass is 302 g/mol. The smallest absolute Gasteiger partial charge is 0.189 e. The molecule has 0 aromatic heterocycles. The molecule has 0 atom stereocenters. The van der Waals surface area contributed by atoms with E-state index in [1.54, 1.807) is 23.5 Å². The minimum Gasteiger partial charge on any atom is -0.289 e. The molecule has 20 heavy (non-hydrogen) atoms. The lowest BCUT2D eigenvalue weighted by atomic mass is 10.1. The maximum Gasteiger partial charge on any atom is 0.189 e. The summed E-state index contributed by atoms with van der Waals surface area (Å²) in [4.78, 5) is 12.2. The third-order valence-electron chi connectivity index (χ3n) is 3.27. The molecule has 1 aliphatic rings. The summed E-state index contributed by atoms with van der Waals surface area (Å²) in [5, 5.41) is 0. The SMILES string of the molecule is CSC(SC)=C(C)/C=C/C=C1\Cc2ccccc2C1=O. The van der Waals surface area contributed by atoms with Crippen LogP contribution in [0.4, 0.5) is 0 Å². The van der Waals surface area contributed by atoms with Crippen LogP contribution in [0.2, 0.25) is 0 Å². The molecule has 0 bridgehead atoms. The number of fused-ring (bicyclic) bond motifs is 1. The van der Waals surface area contributed by atoms with Crippen LogP contribution in [0.25, 0.3) is 0 Å².